The number of amides is 1. The second-order valence-corrected chi connectivity index (χ2v) is 4.23. The topological polar surface area (TPSA) is 90.9 Å². The lowest BCUT2D eigenvalue weighted by molar-refractivity contribution is 0.101. The number of aliphatic hydroxyl groups is 1. The Kier molecular flexibility index (Phi) is 4.25. The highest BCUT2D eigenvalue weighted by atomic mass is 16.2. The van der Waals surface area contributed by atoms with Crippen molar-refractivity contribution in [1.82, 2.24) is 15.2 Å². The van der Waals surface area contributed by atoms with Gasteiger partial charge in [0.2, 0.25) is 5.82 Å². The van der Waals surface area contributed by atoms with Crippen LogP contribution in [0.3, 0.4) is 0 Å². The summed E-state index contributed by atoms with van der Waals surface area (Å²) in [6.07, 6.45) is 1.48. The van der Waals surface area contributed by atoms with Crippen LogP contribution in [0.2, 0.25) is 0 Å². The zero-order chi connectivity index (χ0) is 13.7. The number of aromatic nitrogens is 3. The Bertz CT molecular complexity index is 565. The number of nitrogens with zero attached hydrogens (tertiary/aromatic N) is 2. The van der Waals surface area contributed by atoms with Crippen LogP contribution in [0.1, 0.15) is 28.4 Å². The van der Waals surface area contributed by atoms with Crippen molar-refractivity contribution in [1.29, 1.82) is 0 Å². The third-order valence-corrected chi connectivity index (χ3v) is 2.61. The van der Waals surface area contributed by atoms with Crippen LogP contribution in [0.5, 0.6) is 0 Å². The van der Waals surface area contributed by atoms with E-state index in [9.17, 15) is 4.79 Å². The fourth-order valence-corrected chi connectivity index (χ4v) is 1.72. The molecule has 0 unspecified atom stereocenters. The fourth-order valence-electron chi connectivity index (χ4n) is 1.72. The highest BCUT2D eigenvalue weighted by Crippen LogP contribution is 2.13. The summed E-state index contributed by atoms with van der Waals surface area (Å²) < 4.78 is 0. The molecule has 3 N–H and O–H groups in total. The van der Waals surface area contributed by atoms with Crippen LogP contribution in [0.25, 0.3) is 0 Å². The minimum Gasteiger partial charge on any atom is -0.396 e. The number of H-pyrrole nitrogens is 1. The van der Waals surface area contributed by atoms with Crippen LogP contribution >= 0.6 is 0 Å². The van der Waals surface area contributed by atoms with Gasteiger partial charge >= 0.3 is 0 Å². The summed E-state index contributed by atoms with van der Waals surface area (Å²) in [4.78, 5) is 15.8. The maximum absolute atomic E-state index is 11.9. The first kappa shape index (κ1) is 13.2. The van der Waals surface area contributed by atoms with Crippen molar-refractivity contribution in [3.05, 3.63) is 41.5 Å². The van der Waals surface area contributed by atoms with Crippen LogP contribution in [0, 0.1) is 6.92 Å². The molecule has 0 aliphatic heterocycles. The van der Waals surface area contributed by atoms with E-state index in [1.54, 1.807) is 13.0 Å². The van der Waals surface area contributed by atoms with Crippen molar-refractivity contribution < 1.29 is 9.90 Å². The Labute approximate surface area is 110 Å². The number of aromatic amines is 1. The molecule has 100 valence electrons. The number of rotatable bonds is 5. The molecule has 1 amide bonds. The van der Waals surface area contributed by atoms with E-state index in [-0.39, 0.29) is 18.3 Å². The highest BCUT2D eigenvalue weighted by molar-refractivity contribution is 6.01. The number of carbonyl (C=O) groups excluding carboxylic acids is 1. The molecule has 0 radical (unpaired) electrons. The molecule has 1 aromatic heterocycles. The Morgan fingerprint density at radius 2 is 2.32 bits per heavy atom. The van der Waals surface area contributed by atoms with Gasteiger partial charge < -0.3 is 10.4 Å². The predicted octanol–water partition coefficient (Wildman–Crippen LogP) is 1.29. The van der Waals surface area contributed by atoms with Gasteiger partial charge in [0.05, 0.1) is 0 Å². The second-order valence-electron chi connectivity index (χ2n) is 4.23. The summed E-state index contributed by atoms with van der Waals surface area (Å²) in [5, 5.41) is 18.0. The maximum atomic E-state index is 11.9. The Hall–Kier alpha value is -2.21. The number of benzene rings is 1. The third kappa shape index (κ3) is 3.62. The lowest BCUT2D eigenvalue weighted by Gasteiger charge is -2.05. The zero-order valence-corrected chi connectivity index (χ0v) is 10.7. The molecule has 2 rings (SSSR count). The molecule has 0 bridgehead atoms. The normalized spacial score (nSPS) is 10.4. The molecule has 0 atom stereocenters. The lowest BCUT2D eigenvalue weighted by Crippen LogP contribution is -2.13. The molecule has 6 nitrogen and oxygen atoms in total. The molecular formula is C13H16N4O2. The quantitative estimate of drug-likeness (QED) is 0.755. The van der Waals surface area contributed by atoms with Crippen molar-refractivity contribution in [2.45, 2.75) is 19.8 Å². The molecule has 0 aliphatic carbocycles. The minimum atomic E-state index is -0.344. The van der Waals surface area contributed by atoms with Gasteiger partial charge in [-0.2, -0.15) is 0 Å². The van der Waals surface area contributed by atoms with Gasteiger partial charge in [-0.3, -0.25) is 9.89 Å². The second kappa shape index (κ2) is 6.10. The third-order valence-electron chi connectivity index (χ3n) is 2.61. The number of aliphatic hydroxyl groups excluding tert-OH is 1. The number of hydrogen-bond donors (Lipinski definition) is 3. The van der Waals surface area contributed by atoms with Gasteiger partial charge in [0.25, 0.3) is 5.91 Å². The number of carbonyl (C=O) groups is 1. The van der Waals surface area contributed by atoms with E-state index in [4.69, 9.17) is 5.11 Å². The van der Waals surface area contributed by atoms with Crippen LogP contribution < -0.4 is 5.32 Å². The summed E-state index contributed by atoms with van der Waals surface area (Å²) in [6.45, 7) is 1.90. The summed E-state index contributed by atoms with van der Waals surface area (Å²) in [7, 11) is 0. The molecule has 0 saturated carbocycles. The van der Waals surface area contributed by atoms with Crippen LogP contribution in [0.15, 0.2) is 24.3 Å². The van der Waals surface area contributed by atoms with Gasteiger partial charge in [-0.25, -0.2) is 4.98 Å². The molecule has 0 fully saturated rings. The molecule has 6 heteroatoms. The van der Waals surface area contributed by atoms with Gasteiger partial charge in [0.15, 0.2) is 0 Å². The molecule has 2 aromatic rings. The van der Waals surface area contributed by atoms with Gasteiger partial charge in [-0.05, 0) is 37.5 Å². The first-order valence-electron chi connectivity index (χ1n) is 6.09. The first-order chi connectivity index (χ1) is 9.19. The molecule has 19 heavy (non-hydrogen) atoms. The van der Waals surface area contributed by atoms with E-state index >= 15 is 0 Å². The summed E-state index contributed by atoms with van der Waals surface area (Å²) in [5.74, 6) is 0.378. The zero-order valence-electron chi connectivity index (χ0n) is 10.7. The minimum absolute atomic E-state index is 0.123. The number of nitrogens with one attached hydrogen (secondary N) is 2. The predicted molar refractivity (Wildman–Crippen MR) is 70.9 cm³/mol. The molecule has 0 aliphatic rings. The van der Waals surface area contributed by atoms with Crippen molar-refractivity contribution in [3.8, 4) is 0 Å². The van der Waals surface area contributed by atoms with Crippen LogP contribution in [-0.2, 0) is 6.42 Å². The largest absolute Gasteiger partial charge is 0.396 e. The van der Waals surface area contributed by atoms with Gasteiger partial charge in [-0.15, -0.1) is 5.10 Å². The molecule has 0 saturated heterocycles. The highest BCUT2D eigenvalue weighted by Gasteiger charge is 2.11. The fraction of sp³-hybridized carbons (Fsp3) is 0.308. The molecule has 1 heterocycles. The van der Waals surface area contributed by atoms with Crippen molar-refractivity contribution in [2.24, 2.45) is 0 Å². The van der Waals surface area contributed by atoms with Crippen molar-refractivity contribution >= 4 is 11.6 Å². The van der Waals surface area contributed by atoms with E-state index in [0.29, 0.717) is 17.9 Å². The number of aryl methyl sites for hydroxylation is 2. The van der Waals surface area contributed by atoms with E-state index in [2.05, 4.69) is 20.5 Å². The maximum Gasteiger partial charge on any atom is 0.295 e. The number of anilines is 1. The molecule has 1 aromatic carbocycles. The SMILES string of the molecule is Cc1nc(C(=O)Nc2cccc(CCCO)c2)n[nH]1. The summed E-state index contributed by atoms with van der Waals surface area (Å²) in [5.41, 5.74) is 1.76. The van der Waals surface area contributed by atoms with E-state index in [1.165, 1.54) is 0 Å². The smallest absolute Gasteiger partial charge is 0.295 e. The van der Waals surface area contributed by atoms with Gasteiger partial charge in [0.1, 0.15) is 5.82 Å². The monoisotopic (exact) mass is 260 g/mol. The van der Waals surface area contributed by atoms with E-state index in [1.807, 2.05) is 18.2 Å². The average Bonchev–Trinajstić information content (AvgIpc) is 2.83. The number of hydrogen-bond acceptors (Lipinski definition) is 4. The van der Waals surface area contributed by atoms with Gasteiger partial charge in [0, 0.05) is 12.3 Å². The van der Waals surface area contributed by atoms with Crippen molar-refractivity contribution in [3.63, 3.8) is 0 Å². The molecular weight excluding hydrogens is 244 g/mol. The lowest BCUT2D eigenvalue weighted by atomic mass is 10.1. The summed E-state index contributed by atoms with van der Waals surface area (Å²) in [6, 6.07) is 7.51. The first-order valence-corrected chi connectivity index (χ1v) is 6.09. The van der Waals surface area contributed by atoms with Crippen LogP contribution in [0.4, 0.5) is 5.69 Å². The Balaban J connectivity index is 2.04. The average molecular weight is 260 g/mol. The molecule has 0 spiro atoms. The standard InChI is InChI=1S/C13H16N4O2/c1-9-14-12(17-16-9)13(19)15-11-6-2-4-10(8-11)5-3-7-18/h2,4,6,8,18H,3,5,7H2,1H3,(H,15,19)(H,14,16,17). The van der Waals surface area contributed by atoms with E-state index < -0.39 is 0 Å². The summed E-state index contributed by atoms with van der Waals surface area (Å²) >= 11 is 0. The Morgan fingerprint density at radius 1 is 1.47 bits per heavy atom. The Morgan fingerprint density at radius 3 is 3.00 bits per heavy atom. The van der Waals surface area contributed by atoms with E-state index in [0.717, 1.165) is 12.0 Å². The van der Waals surface area contributed by atoms with Crippen LogP contribution in [-0.4, -0.2) is 32.8 Å². The van der Waals surface area contributed by atoms with Gasteiger partial charge in [-0.1, -0.05) is 12.1 Å². The van der Waals surface area contributed by atoms with Crippen molar-refractivity contribution in [2.75, 3.05) is 11.9 Å².